The van der Waals surface area contributed by atoms with Crippen molar-refractivity contribution in [3.05, 3.63) is 0 Å². The molecule has 2 N–H and O–H groups in total. The Morgan fingerprint density at radius 3 is 1.24 bits per heavy atom. The van der Waals surface area contributed by atoms with Gasteiger partial charge in [0, 0.05) is 36.9 Å². The van der Waals surface area contributed by atoms with Gasteiger partial charge in [0.25, 0.3) is 0 Å². The highest BCUT2D eigenvalue weighted by molar-refractivity contribution is 5.78. The molecule has 386 valence electrons. The monoisotopic (exact) mass is 951 g/mol. The van der Waals surface area contributed by atoms with Crippen molar-refractivity contribution in [2.75, 3.05) is 26.4 Å². The summed E-state index contributed by atoms with van der Waals surface area (Å²) in [6.07, 6.45) is 28.4. The van der Waals surface area contributed by atoms with Gasteiger partial charge in [-0.1, -0.05) is 66.2 Å². The first kappa shape index (κ1) is 52.1. The third kappa shape index (κ3) is 9.49. The third-order valence-electron chi connectivity index (χ3n) is 22.2. The van der Waals surface area contributed by atoms with Crippen LogP contribution >= 0.6 is 0 Å². The van der Waals surface area contributed by atoms with E-state index in [1.807, 2.05) is 0 Å². The molecule has 68 heavy (non-hydrogen) atoms. The van der Waals surface area contributed by atoms with Crippen LogP contribution in [0.5, 0.6) is 0 Å². The zero-order valence-corrected chi connectivity index (χ0v) is 43.7. The van der Waals surface area contributed by atoms with E-state index in [9.17, 15) is 29.4 Å². The van der Waals surface area contributed by atoms with Crippen LogP contribution in [0.25, 0.3) is 0 Å². The first-order valence-electron chi connectivity index (χ1n) is 28.3. The molecule has 14 atom stereocenters. The molecule has 8 fully saturated rings. The van der Waals surface area contributed by atoms with Crippen molar-refractivity contribution in [2.24, 2.45) is 67.0 Å². The molecular formula is C58H94O10. The number of hydrogen-bond donors (Lipinski definition) is 2. The average molecular weight is 951 g/mol. The van der Waals surface area contributed by atoms with Gasteiger partial charge in [0.05, 0.1) is 24.0 Å². The van der Waals surface area contributed by atoms with Gasteiger partial charge in [-0.3, -0.25) is 19.2 Å². The van der Waals surface area contributed by atoms with E-state index in [1.54, 1.807) is 0 Å². The molecule has 0 aliphatic heterocycles. The largest absolute Gasteiger partial charge is 0.465 e. The van der Waals surface area contributed by atoms with E-state index >= 15 is 0 Å². The fourth-order valence-electron chi connectivity index (χ4n) is 19.0. The van der Waals surface area contributed by atoms with Crippen molar-refractivity contribution in [1.29, 1.82) is 0 Å². The molecule has 0 amide bonds. The normalized spacial score (nSPS) is 43.3. The number of esters is 4. The van der Waals surface area contributed by atoms with E-state index in [4.69, 9.17) is 18.9 Å². The zero-order valence-electron chi connectivity index (χ0n) is 43.7. The smallest absolute Gasteiger partial charge is 0.312 e. The SMILES string of the molecule is C[C@@]12CC[C@@H]3[C@@](CC[C@H]4[C@@]3(C)CCC[C@@]4(C)C(=O)OCCCCO)(CC1OC(=O)CCCCCCCCC(=O)OC1C[C@]34CC[C@H]5[C@@](C)(CCC[C@@]5(C)C(=O)OCCCCO)[C@@H]3CC[C@@]1(C)C4)C2. The number of hydrogen-bond acceptors (Lipinski definition) is 10. The molecule has 10 heteroatoms. The Morgan fingerprint density at radius 2 is 0.838 bits per heavy atom. The molecule has 8 rings (SSSR count). The van der Waals surface area contributed by atoms with Crippen molar-refractivity contribution in [1.82, 2.24) is 0 Å². The lowest BCUT2D eigenvalue weighted by molar-refractivity contribution is -0.188. The summed E-state index contributed by atoms with van der Waals surface area (Å²) in [5, 5.41) is 18.4. The van der Waals surface area contributed by atoms with Gasteiger partial charge in [-0.2, -0.15) is 0 Å². The average Bonchev–Trinajstić information content (AvgIpc) is 3.62. The molecule has 2 spiro atoms. The molecule has 8 saturated carbocycles. The molecule has 4 bridgehead atoms. The van der Waals surface area contributed by atoms with Crippen molar-refractivity contribution in [2.45, 2.75) is 246 Å². The van der Waals surface area contributed by atoms with Gasteiger partial charge in [0.2, 0.25) is 0 Å². The lowest BCUT2D eigenvalue weighted by Gasteiger charge is -2.64. The molecule has 0 aromatic carbocycles. The number of aliphatic hydroxyl groups excluding tert-OH is 2. The van der Waals surface area contributed by atoms with Crippen molar-refractivity contribution in [3.8, 4) is 0 Å². The Hall–Kier alpha value is -2.20. The lowest BCUT2D eigenvalue weighted by Crippen LogP contribution is -2.58. The minimum Gasteiger partial charge on any atom is -0.465 e. The summed E-state index contributed by atoms with van der Waals surface area (Å²) in [5.74, 6) is 1.50. The van der Waals surface area contributed by atoms with Crippen LogP contribution in [0.4, 0.5) is 0 Å². The van der Waals surface area contributed by atoms with Crippen LogP contribution in [0.3, 0.4) is 0 Å². The van der Waals surface area contributed by atoms with Crippen molar-refractivity contribution in [3.63, 3.8) is 0 Å². The van der Waals surface area contributed by atoms with Crippen LogP contribution in [-0.4, -0.2) is 72.7 Å². The molecule has 0 heterocycles. The summed E-state index contributed by atoms with van der Waals surface area (Å²) in [5.41, 5.74) is -0.390. The third-order valence-corrected chi connectivity index (χ3v) is 22.2. The molecule has 0 aromatic rings. The van der Waals surface area contributed by atoms with Gasteiger partial charge in [0.1, 0.15) is 12.2 Å². The standard InChI is InChI=1S/C58H94O10/c1-51-29-21-43-53(3)25-17-27-55(5,49(63)65-35-15-13-33-59)41(53)23-31-57(43,39-51)37-45(51)67-47(61)19-11-9-7-8-10-12-20-48(62)68-46-38-58-32-24-42-54(4,44(58)22-30-52(46,2)40-58)26-18-28-56(42,6)50(64)66-36-16-14-34-60/h41-46,59-60H,7-40H2,1-6H3/t41-,42-,43-,44-,45?,46?,51-,52-,53+,54+,55+,56+,57-,58-/m0/s1. The minimum absolute atomic E-state index is 0.0204. The highest BCUT2D eigenvalue weighted by Crippen LogP contribution is 2.76. The quantitative estimate of drug-likeness (QED) is 0.0648. The second-order valence-corrected chi connectivity index (χ2v) is 26.4. The number of unbranched alkanes of at least 4 members (excludes halogenated alkanes) is 7. The molecule has 8 aliphatic carbocycles. The molecule has 8 aliphatic rings. The Bertz CT molecular complexity index is 1690. The van der Waals surface area contributed by atoms with E-state index in [0.29, 0.717) is 75.4 Å². The predicted molar refractivity (Wildman–Crippen MR) is 262 cm³/mol. The van der Waals surface area contributed by atoms with Gasteiger partial charge in [-0.25, -0.2) is 0 Å². The van der Waals surface area contributed by atoms with Crippen molar-refractivity contribution < 1.29 is 48.3 Å². The van der Waals surface area contributed by atoms with Crippen molar-refractivity contribution >= 4 is 23.9 Å². The van der Waals surface area contributed by atoms with Gasteiger partial charge in [0.15, 0.2) is 0 Å². The maximum atomic E-state index is 13.7. The molecule has 2 unspecified atom stereocenters. The first-order valence-corrected chi connectivity index (χ1v) is 28.3. The van der Waals surface area contributed by atoms with E-state index < -0.39 is 10.8 Å². The van der Waals surface area contributed by atoms with Gasteiger partial charge in [-0.15, -0.1) is 0 Å². The van der Waals surface area contributed by atoms with E-state index in [0.717, 1.165) is 154 Å². The Kier molecular flexibility index (Phi) is 15.6. The van der Waals surface area contributed by atoms with Gasteiger partial charge in [-0.05, 0) is 200 Å². The molecule has 0 aromatic heterocycles. The Morgan fingerprint density at radius 1 is 0.456 bits per heavy atom. The number of aliphatic hydroxyl groups is 2. The second-order valence-electron chi connectivity index (χ2n) is 26.4. The fraction of sp³-hybridized carbons (Fsp3) is 0.931. The summed E-state index contributed by atoms with van der Waals surface area (Å²) in [4.78, 5) is 54.1. The van der Waals surface area contributed by atoms with E-state index in [2.05, 4.69) is 41.5 Å². The summed E-state index contributed by atoms with van der Waals surface area (Å²) in [6.45, 7) is 15.1. The van der Waals surface area contributed by atoms with E-state index in [-0.39, 0.29) is 81.8 Å². The van der Waals surface area contributed by atoms with Crippen LogP contribution in [0.2, 0.25) is 0 Å². The molecule has 0 radical (unpaired) electrons. The summed E-state index contributed by atoms with van der Waals surface area (Å²) in [6, 6.07) is 0. The topological polar surface area (TPSA) is 146 Å². The van der Waals surface area contributed by atoms with Crippen LogP contribution in [-0.2, 0) is 38.1 Å². The van der Waals surface area contributed by atoms with Crippen LogP contribution in [0.15, 0.2) is 0 Å². The van der Waals surface area contributed by atoms with Gasteiger partial charge >= 0.3 is 23.9 Å². The zero-order chi connectivity index (χ0) is 48.6. The van der Waals surface area contributed by atoms with Crippen LogP contribution in [0.1, 0.15) is 234 Å². The fourth-order valence-corrected chi connectivity index (χ4v) is 19.0. The maximum absolute atomic E-state index is 13.7. The van der Waals surface area contributed by atoms with Crippen LogP contribution in [0, 0.1) is 67.0 Å². The Labute approximate surface area is 410 Å². The summed E-state index contributed by atoms with van der Waals surface area (Å²) >= 11 is 0. The summed E-state index contributed by atoms with van der Waals surface area (Å²) in [7, 11) is 0. The van der Waals surface area contributed by atoms with Gasteiger partial charge < -0.3 is 29.2 Å². The Balaban J connectivity index is 0.737. The van der Waals surface area contributed by atoms with E-state index in [1.165, 1.54) is 0 Å². The number of fused-ring (bicyclic) bond motifs is 6. The lowest BCUT2D eigenvalue weighted by atomic mass is 9.40. The first-order chi connectivity index (χ1) is 32.4. The number of carbonyl (C=O) groups is 4. The minimum atomic E-state index is -0.467. The predicted octanol–water partition coefficient (Wildman–Crippen LogP) is 12.2. The molecular weight excluding hydrogens is 857 g/mol. The number of rotatable bonds is 21. The molecule has 0 saturated heterocycles. The van der Waals surface area contributed by atoms with Crippen LogP contribution < -0.4 is 0 Å². The highest BCUT2D eigenvalue weighted by Gasteiger charge is 2.71. The summed E-state index contributed by atoms with van der Waals surface area (Å²) < 4.78 is 24.6. The maximum Gasteiger partial charge on any atom is 0.312 e. The number of carbonyl (C=O) groups excluding carboxylic acids is 4. The second kappa shape index (κ2) is 20.4. The molecule has 10 nitrogen and oxygen atoms in total. The highest BCUT2D eigenvalue weighted by atomic mass is 16.6. The number of ether oxygens (including phenoxy) is 4.